The van der Waals surface area contributed by atoms with Crippen molar-refractivity contribution in [1.82, 2.24) is 0 Å². The van der Waals surface area contributed by atoms with Gasteiger partial charge in [0.25, 0.3) is 0 Å². The van der Waals surface area contributed by atoms with E-state index in [9.17, 15) is 0 Å². The Hall–Kier alpha value is -0.823. The third kappa shape index (κ3) is 4.42. The first-order valence-electron chi connectivity index (χ1n) is 9.99. The first kappa shape index (κ1) is 19.5. The summed E-state index contributed by atoms with van der Waals surface area (Å²) in [5.41, 5.74) is 2.50. The largest absolute Gasteiger partial charge is 0.0876 e. The molecule has 0 unspecified atom stereocenters. The van der Waals surface area contributed by atoms with Crippen molar-refractivity contribution in [3.8, 4) is 0 Å². The lowest BCUT2D eigenvalue weighted by Gasteiger charge is -2.38. The standard InChI is InChI=1S/C23H38Si/c1-17(2)22-14-13-19(5)15-20(22)16-23(18(3)4)24(6,7)21-11-9-8-10-12-21/h8-12,16-19,22-23H,13-15H2,1-7H3/b20-16+/t19-,22+,23-/m1/s1. The van der Waals surface area contributed by atoms with Gasteiger partial charge in [0.1, 0.15) is 0 Å². The van der Waals surface area contributed by atoms with E-state index < -0.39 is 8.07 Å². The third-order valence-corrected chi connectivity index (χ3v) is 10.6. The van der Waals surface area contributed by atoms with Crippen LogP contribution in [0.25, 0.3) is 0 Å². The average molecular weight is 343 g/mol. The van der Waals surface area contributed by atoms with Gasteiger partial charge in [-0.2, -0.15) is 0 Å². The van der Waals surface area contributed by atoms with E-state index in [2.05, 4.69) is 84.1 Å². The Morgan fingerprint density at radius 1 is 1.00 bits per heavy atom. The van der Waals surface area contributed by atoms with Crippen LogP contribution in [0.4, 0.5) is 0 Å². The predicted molar refractivity (Wildman–Crippen MR) is 112 cm³/mol. The molecule has 0 aliphatic heterocycles. The number of hydrogen-bond donors (Lipinski definition) is 0. The van der Waals surface area contributed by atoms with Crippen LogP contribution in [0.1, 0.15) is 53.9 Å². The summed E-state index contributed by atoms with van der Waals surface area (Å²) in [6.45, 7) is 17.3. The summed E-state index contributed by atoms with van der Waals surface area (Å²) in [5, 5.41) is 1.60. The highest BCUT2D eigenvalue weighted by molar-refractivity contribution is 6.91. The number of allylic oxidation sites excluding steroid dienone is 2. The van der Waals surface area contributed by atoms with E-state index in [1.807, 2.05) is 0 Å². The zero-order valence-electron chi connectivity index (χ0n) is 17.0. The quantitative estimate of drug-likeness (QED) is 0.415. The molecule has 0 radical (unpaired) electrons. The second-order valence-electron chi connectivity index (χ2n) is 9.34. The molecule has 0 amide bonds. The fourth-order valence-electron chi connectivity index (χ4n) is 4.78. The fraction of sp³-hybridized carbons (Fsp3) is 0.652. The summed E-state index contributed by atoms with van der Waals surface area (Å²) in [6, 6.07) is 11.3. The Kier molecular flexibility index (Phi) is 6.53. The molecule has 0 bridgehead atoms. The zero-order valence-corrected chi connectivity index (χ0v) is 18.0. The van der Waals surface area contributed by atoms with Crippen LogP contribution in [0.2, 0.25) is 18.6 Å². The van der Waals surface area contributed by atoms with E-state index in [1.54, 1.807) is 10.8 Å². The Labute approximate surface area is 151 Å². The summed E-state index contributed by atoms with van der Waals surface area (Å²) in [6.07, 6.45) is 6.88. The molecule has 1 aliphatic carbocycles. The Morgan fingerprint density at radius 2 is 1.62 bits per heavy atom. The van der Waals surface area contributed by atoms with Crippen LogP contribution >= 0.6 is 0 Å². The van der Waals surface area contributed by atoms with Crippen LogP contribution in [0.5, 0.6) is 0 Å². The number of rotatable bonds is 5. The van der Waals surface area contributed by atoms with Crippen LogP contribution in [0, 0.1) is 23.7 Å². The van der Waals surface area contributed by atoms with Crippen LogP contribution < -0.4 is 5.19 Å². The van der Waals surface area contributed by atoms with Crippen molar-refractivity contribution in [1.29, 1.82) is 0 Å². The van der Waals surface area contributed by atoms with Crippen molar-refractivity contribution in [3.05, 3.63) is 42.0 Å². The van der Waals surface area contributed by atoms with Gasteiger partial charge in [0.05, 0.1) is 8.07 Å². The van der Waals surface area contributed by atoms with Gasteiger partial charge < -0.3 is 0 Å². The lowest BCUT2D eigenvalue weighted by Crippen LogP contribution is -2.47. The maximum Gasteiger partial charge on any atom is 0.0876 e. The highest BCUT2D eigenvalue weighted by Crippen LogP contribution is 2.41. The van der Waals surface area contributed by atoms with Gasteiger partial charge in [0, 0.05) is 0 Å². The van der Waals surface area contributed by atoms with Crippen molar-refractivity contribution in [2.45, 2.75) is 72.5 Å². The highest BCUT2D eigenvalue weighted by atomic mass is 28.3. The van der Waals surface area contributed by atoms with Gasteiger partial charge in [-0.1, -0.05) is 94.9 Å². The fourth-order valence-corrected chi connectivity index (χ4v) is 8.52. The molecule has 0 heterocycles. The Morgan fingerprint density at radius 3 is 2.17 bits per heavy atom. The van der Waals surface area contributed by atoms with Crippen LogP contribution in [-0.4, -0.2) is 8.07 Å². The molecule has 1 aliphatic rings. The van der Waals surface area contributed by atoms with Gasteiger partial charge in [-0.15, -0.1) is 0 Å². The first-order chi connectivity index (χ1) is 11.2. The Bertz CT molecular complexity index is 538. The minimum Gasteiger partial charge on any atom is -0.0840 e. The van der Waals surface area contributed by atoms with E-state index in [4.69, 9.17) is 0 Å². The van der Waals surface area contributed by atoms with Gasteiger partial charge in [-0.05, 0) is 48.5 Å². The van der Waals surface area contributed by atoms with Crippen molar-refractivity contribution < 1.29 is 0 Å². The van der Waals surface area contributed by atoms with Gasteiger partial charge in [0.15, 0.2) is 0 Å². The topological polar surface area (TPSA) is 0 Å². The molecule has 3 atom stereocenters. The van der Waals surface area contributed by atoms with Crippen LogP contribution in [0.15, 0.2) is 42.0 Å². The molecule has 1 saturated carbocycles. The number of benzene rings is 1. The minimum absolute atomic E-state index is 0.712. The van der Waals surface area contributed by atoms with Crippen molar-refractivity contribution in [2.75, 3.05) is 0 Å². The molecular weight excluding hydrogens is 304 g/mol. The molecule has 1 fully saturated rings. The molecule has 0 spiro atoms. The van der Waals surface area contributed by atoms with E-state index >= 15 is 0 Å². The van der Waals surface area contributed by atoms with E-state index in [1.165, 1.54) is 19.3 Å². The molecule has 1 aromatic carbocycles. The third-order valence-electron chi connectivity index (χ3n) is 6.30. The minimum atomic E-state index is -1.52. The van der Waals surface area contributed by atoms with Gasteiger partial charge >= 0.3 is 0 Å². The number of hydrogen-bond acceptors (Lipinski definition) is 0. The molecule has 24 heavy (non-hydrogen) atoms. The van der Waals surface area contributed by atoms with Gasteiger partial charge in [-0.3, -0.25) is 0 Å². The SMILES string of the molecule is CC(C)[C@@H]1CC[C@@H](C)C/C1=C\[C@H](C(C)C)[Si](C)(C)c1ccccc1. The summed E-state index contributed by atoms with van der Waals surface area (Å²) in [5.74, 6) is 3.16. The molecule has 0 aromatic heterocycles. The van der Waals surface area contributed by atoms with Crippen molar-refractivity contribution >= 4 is 13.3 Å². The van der Waals surface area contributed by atoms with Gasteiger partial charge in [0.2, 0.25) is 0 Å². The molecular formula is C23H38Si. The van der Waals surface area contributed by atoms with E-state index in [-0.39, 0.29) is 0 Å². The van der Waals surface area contributed by atoms with Crippen LogP contribution in [0.3, 0.4) is 0 Å². The van der Waals surface area contributed by atoms with Gasteiger partial charge in [-0.25, -0.2) is 0 Å². The zero-order chi connectivity index (χ0) is 17.9. The van der Waals surface area contributed by atoms with E-state index in [0.717, 1.165) is 23.3 Å². The normalized spacial score (nSPS) is 25.5. The average Bonchev–Trinajstić information content (AvgIpc) is 2.52. The first-order valence-corrected chi connectivity index (χ1v) is 13.1. The molecule has 0 saturated heterocycles. The second kappa shape index (κ2) is 8.04. The Balaban J connectivity index is 2.39. The molecule has 134 valence electrons. The maximum absolute atomic E-state index is 2.75. The molecule has 2 rings (SSSR count). The molecule has 0 N–H and O–H groups in total. The second-order valence-corrected chi connectivity index (χ2v) is 14.0. The lowest BCUT2D eigenvalue weighted by molar-refractivity contribution is 0.306. The van der Waals surface area contributed by atoms with E-state index in [0.29, 0.717) is 5.92 Å². The smallest absolute Gasteiger partial charge is 0.0840 e. The van der Waals surface area contributed by atoms with Crippen LogP contribution in [-0.2, 0) is 0 Å². The summed E-state index contributed by atoms with van der Waals surface area (Å²) < 4.78 is 0. The van der Waals surface area contributed by atoms with Crippen molar-refractivity contribution in [2.24, 2.45) is 23.7 Å². The molecule has 1 heteroatoms. The molecule has 1 aromatic rings. The van der Waals surface area contributed by atoms with Crippen molar-refractivity contribution in [3.63, 3.8) is 0 Å². The maximum atomic E-state index is 2.75. The summed E-state index contributed by atoms with van der Waals surface area (Å²) in [4.78, 5) is 0. The predicted octanol–water partition coefficient (Wildman–Crippen LogP) is 6.65. The summed E-state index contributed by atoms with van der Waals surface area (Å²) >= 11 is 0. The molecule has 0 nitrogen and oxygen atoms in total. The summed E-state index contributed by atoms with van der Waals surface area (Å²) in [7, 11) is -1.52. The highest BCUT2D eigenvalue weighted by Gasteiger charge is 2.36. The lowest BCUT2D eigenvalue weighted by atomic mass is 9.73. The monoisotopic (exact) mass is 342 g/mol.